The summed E-state index contributed by atoms with van der Waals surface area (Å²) in [5.74, 6) is 0.0909. The van der Waals surface area contributed by atoms with Crippen LogP contribution < -0.4 is 4.74 Å². The molecule has 0 aromatic heterocycles. The summed E-state index contributed by atoms with van der Waals surface area (Å²) in [7, 11) is 0. The summed E-state index contributed by atoms with van der Waals surface area (Å²) in [6.45, 7) is 0.172. The second kappa shape index (κ2) is 10.1. The third kappa shape index (κ3) is 4.71. The lowest BCUT2D eigenvalue weighted by Crippen LogP contribution is -2.27. The number of carbonyl (C=O) groups excluding carboxylic acids is 2. The zero-order valence-electron chi connectivity index (χ0n) is 19.0. The molecule has 36 heavy (non-hydrogen) atoms. The Kier molecular flexibility index (Phi) is 6.51. The number of benzene rings is 4. The molecule has 5 rings (SSSR count). The highest BCUT2D eigenvalue weighted by Gasteiger charge is 2.36. The van der Waals surface area contributed by atoms with Crippen LogP contribution in [0.15, 0.2) is 95.9 Å². The molecule has 8 heteroatoms. The van der Waals surface area contributed by atoms with Crippen molar-refractivity contribution in [3.05, 3.63) is 123 Å². The first-order valence-electron chi connectivity index (χ1n) is 11.2. The summed E-state index contributed by atoms with van der Waals surface area (Å²) >= 11 is 0.815. The molecule has 0 spiro atoms. The van der Waals surface area contributed by atoms with E-state index < -0.39 is 16.1 Å². The predicted octanol–water partition coefficient (Wildman–Crippen LogP) is 6.56. The number of nitrogens with zero attached hydrogens (tertiary/aromatic N) is 2. The minimum atomic E-state index is -0.517. The number of ether oxygens (including phenoxy) is 1. The Morgan fingerprint density at radius 2 is 1.61 bits per heavy atom. The maximum atomic E-state index is 13.2. The number of nitro groups is 1. The molecule has 2 amide bonds. The van der Waals surface area contributed by atoms with E-state index in [-0.39, 0.29) is 17.1 Å². The lowest BCUT2D eigenvalue weighted by Gasteiger charge is -2.13. The topological polar surface area (TPSA) is 89.8 Å². The molecular weight excluding hydrogens is 476 g/mol. The van der Waals surface area contributed by atoms with Gasteiger partial charge in [-0.25, -0.2) is 0 Å². The number of fused-ring (bicyclic) bond motifs is 1. The third-order valence-corrected chi connectivity index (χ3v) is 6.74. The summed E-state index contributed by atoms with van der Waals surface area (Å²) in [6.07, 6.45) is 1.67. The number of para-hydroxylation sites is 1. The van der Waals surface area contributed by atoms with Gasteiger partial charge in [0.25, 0.3) is 16.8 Å². The minimum Gasteiger partial charge on any atom is -0.488 e. The zero-order chi connectivity index (χ0) is 25.1. The van der Waals surface area contributed by atoms with Crippen molar-refractivity contribution in [3.8, 4) is 5.75 Å². The van der Waals surface area contributed by atoms with Crippen molar-refractivity contribution < 1.29 is 19.2 Å². The molecule has 1 fully saturated rings. The highest BCUT2D eigenvalue weighted by Crippen LogP contribution is 2.38. The number of imide groups is 1. The first kappa shape index (κ1) is 23.3. The minimum absolute atomic E-state index is 0.133. The fraction of sp³-hybridized carbons (Fsp3) is 0.0714. The molecule has 1 heterocycles. The van der Waals surface area contributed by atoms with E-state index in [1.165, 1.54) is 6.07 Å². The van der Waals surface area contributed by atoms with Crippen molar-refractivity contribution in [2.24, 2.45) is 0 Å². The van der Waals surface area contributed by atoms with Gasteiger partial charge in [-0.2, -0.15) is 0 Å². The van der Waals surface area contributed by atoms with Crippen LogP contribution in [0.1, 0.15) is 16.7 Å². The van der Waals surface area contributed by atoms with Crippen molar-refractivity contribution in [1.82, 2.24) is 4.90 Å². The van der Waals surface area contributed by atoms with Crippen LogP contribution in [0.5, 0.6) is 5.75 Å². The number of amides is 2. The molecule has 1 aliphatic heterocycles. The van der Waals surface area contributed by atoms with Gasteiger partial charge in [0.2, 0.25) is 0 Å². The SMILES string of the molecule is O=C1S/C(=C/c2c(OCc3ccccc3)ccc3ccccc23)C(=O)N1Cc1ccccc1[N+](=O)[O-]. The van der Waals surface area contributed by atoms with Crippen LogP contribution >= 0.6 is 11.8 Å². The number of thioether (sulfide) groups is 1. The quantitative estimate of drug-likeness (QED) is 0.163. The van der Waals surface area contributed by atoms with Crippen LogP contribution in [0.25, 0.3) is 16.8 Å². The number of carbonyl (C=O) groups is 2. The average molecular weight is 497 g/mol. The van der Waals surface area contributed by atoms with Crippen LogP contribution in [-0.2, 0) is 17.9 Å². The first-order valence-corrected chi connectivity index (χ1v) is 12.0. The monoisotopic (exact) mass is 496 g/mol. The van der Waals surface area contributed by atoms with Gasteiger partial charge in [0.15, 0.2) is 0 Å². The average Bonchev–Trinajstić information content (AvgIpc) is 3.16. The summed E-state index contributed by atoms with van der Waals surface area (Å²) < 4.78 is 6.13. The Morgan fingerprint density at radius 3 is 2.42 bits per heavy atom. The van der Waals surface area contributed by atoms with E-state index in [4.69, 9.17) is 4.74 Å². The molecule has 0 bridgehead atoms. The Balaban J connectivity index is 1.49. The van der Waals surface area contributed by atoms with Gasteiger partial charge in [-0.3, -0.25) is 24.6 Å². The van der Waals surface area contributed by atoms with E-state index in [0.717, 1.165) is 33.0 Å². The van der Waals surface area contributed by atoms with E-state index in [1.807, 2.05) is 66.7 Å². The van der Waals surface area contributed by atoms with Crippen molar-refractivity contribution in [2.75, 3.05) is 0 Å². The van der Waals surface area contributed by atoms with Crippen LogP contribution in [0, 0.1) is 10.1 Å². The molecule has 178 valence electrons. The zero-order valence-corrected chi connectivity index (χ0v) is 19.8. The molecule has 7 nitrogen and oxygen atoms in total. The first-order chi connectivity index (χ1) is 17.5. The molecule has 0 aliphatic carbocycles. The standard InChI is InChI=1S/C28H20N2O5S/c31-27-26(36-28(32)29(27)17-21-11-5-7-13-24(21)30(33)34)16-23-22-12-6-4-10-20(22)14-15-25(23)35-18-19-8-2-1-3-9-19/h1-16H,17-18H2/b26-16+. The van der Waals surface area contributed by atoms with E-state index in [2.05, 4.69) is 0 Å². The van der Waals surface area contributed by atoms with Gasteiger partial charge >= 0.3 is 0 Å². The van der Waals surface area contributed by atoms with E-state index in [9.17, 15) is 19.7 Å². The Hall–Kier alpha value is -4.43. The molecule has 0 radical (unpaired) electrons. The number of rotatable bonds is 7. The Morgan fingerprint density at radius 1 is 0.889 bits per heavy atom. The largest absolute Gasteiger partial charge is 0.488 e. The summed E-state index contributed by atoms with van der Waals surface area (Å²) in [5.41, 5.74) is 1.86. The van der Waals surface area contributed by atoms with E-state index in [1.54, 1.807) is 24.3 Å². The summed E-state index contributed by atoms with van der Waals surface area (Å²) in [5, 5.41) is 12.8. The molecule has 0 unspecified atom stereocenters. The van der Waals surface area contributed by atoms with Gasteiger partial charge in [-0.1, -0.05) is 78.9 Å². The fourth-order valence-electron chi connectivity index (χ4n) is 4.05. The van der Waals surface area contributed by atoms with E-state index >= 15 is 0 Å². The molecule has 0 atom stereocenters. The smallest absolute Gasteiger partial charge is 0.293 e. The van der Waals surface area contributed by atoms with Crippen molar-refractivity contribution in [1.29, 1.82) is 0 Å². The second-order valence-electron chi connectivity index (χ2n) is 8.13. The molecule has 1 saturated heterocycles. The number of hydrogen-bond acceptors (Lipinski definition) is 6. The van der Waals surface area contributed by atoms with Crippen molar-refractivity contribution >= 4 is 45.4 Å². The maximum absolute atomic E-state index is 13.2. The molecule has 4 aromatic carbocycles. The third-order valence-electron chi connectivity index (χ3n) is 5.83. The van der Waals surface area contributed by atoms with Gasteiger partial charge in [0, 0.05) is 17.2 Å². The van der Waals surface area contributed by atoms with Gasteiger partial charge in [-0.15, -0.1) is 0 Å². The Bertz CT molecular complexity index is 1520. The van der Waals surface area contributed by atoms with Crippen molar-refractivity contribution in [3.63, 3.8) is 0 Å². The molecule has 0 N–H and O–H groups in total. The van der Waals surface area contributed by atoms with Gasteiger partial charge in [-0.05, 0) is 40.2 Å². The predicted molar refractivity (Wildman–Crippen MR) is 139 cm³/mol. The fourth-order valence-corrected chi connectivity index (χ4v) is 4.87. The molecule has 1 aliphatic rings. The van der Waals surface area contributed by atoms with Crippen LogP contribution in [0.2, 0.25) is 0 Å². The van der Waals surface area contributed by atoms with Crippen LogP contribution in [0.4, 0.5) is 10.5 Å². The summed E-state index contributed by atoms with van der Waals surface area (Å²) in [4.78, 5) is 38.1. The molecule has 0 saturated carbocycles. The van der Waals surface area contributed by atoms with Crippen LogP contribution in [-0.4, -0.2) is 21.0 Å². The maximum Gasteiger partial charge on any atom is 0.293 e. The molecule has 4 aromatic rings. The van der Waals surface area contributed by atoms with E-state index in [0.29, 0.717) is 23.5 Å². The number of hydrogen-bond donors (Lipinski definition) is 0. The highest BCUT2D eigenvalue weighted by molar-refractivity contribution is 8.18. The summed E-state index contributed by atoms with van der Waals surface area (Å²) in [6, 6.07) is 27.4. The lowest BCUT2D eigenvalue weighted by molar-refractivity contribution is -0.385. The lowest BCUT2D eigenvalue weighted by atomic mass is 10.0. The van der Waals surface area contributed by atoms with Crippen molar-refractivity contribution in [2.45, 2.75) is 13.2 Å². The van der Waals surface area contributed by atoms with Gasteiger partial charge < -0.3 is 4.74 Å². The van der Waals surface area contributed by atoms with Crippen LogP contribution in [0.3, 0.4) is 0 Å². The highest BCUT2D eigenvalue weighted by atomic mass is 32.2. The molecular formula is C28H20N2O5S. The number of nitro benzene ring substituents is 1. The normalized spacial score (nSPS) is 14.6. The van der Waals surface area contributed by atoms with Gasteiger partial charge in [0.05, 0.1) is 16.4 Å². The van der Waals surface area contributed by atoms with Gasteiger partial charge in [0.1, 0.15) is 12.4 Å². The second-order valence-corrected chi connectivity index (χ2v) is 9.12. The Labute approximate surface area is 211 Å².